The van der Waals surface area contributed by atoms with Crippen LogP contribution < -0.4 is 5.32 Å². The fourth-order valence-corrected chi connectivity index (χ4v) is 3.72. The van der Waals surface area contributed by atoms with E-state index in [1.807, 2.05) is 0 Å². The molecule has 114 valence electrons. The maximum atomic E-state index is 4.71. The van der Waals surface area contributed by atoms with E-state index in [0.717, 1.165) is 39.1 Å². The van der Waals surface area contributed by atoms with Crippen molar-refractivity contribution >= 4 is 15.9 Å². The SMILES string of the molecule is CCc1nn(CC)c(CN(CC)C2CCNCC2)c1Br. The summed E-state index contributed by atoms with van der Waals surface area (Å²) in [6.07, 6.45) is 3.50. The molecule has 0 bridgehead atoms. The van der Waals surface area contributed by atoms with Crippen molar-refractivity contribution in [1.29, 1.82) is 0 Å². The molecule has 1 fully saturated rings. The Hall–Kier alpha value is -0.390. The van der Waals surface area contributed by atoms with E-state index in [4.69, 9.17) is 5.10 Å². The summed E-state index contributed by atoms with van der Waals surface area (Å²) < 4.78 is 3.38. The first-order valence-electron chi connectivity index (χ1n) is 7.90. The maximum absolute atomic E-state index is 4.71. The van der Waals surface area contributed by atoms with Crippen LogP contribution in [0.4, 0.5) is 0 Å². The van der Waals surface area contributed by atoms with Gasteiger partial charge in [-0.15, -0.1) is 0 Å². The summed E-state index contributed by atoms with van der Waals surface area (Å²) in [5.41, 5.74) is 2.52. The Balaban J connectivity index is 2.15. The largest absolute Gasteiger partial charge is 0.317 e. The van der Waals surface area contributed by atoms with Gasteiger partial charge in [0.1, 0.15) is 0 Å². The van der Waals surface area contributed by atoms with Gasteiger partial charge in [0.2, 0.25) is 0 Å². The second-order valence-electron chi connectivity index (χ2n) is 5.42. The molecule has 1 aliphatic rings. The van der Waals surface area contributed by atoms with E-state index in [1.54, 1.807) is 0 Å². The zero-order valence-electron chi connectivity index (χ0n) is 13.0. The van der Waals surface area contributed by atoms with Crippen LogP contribution in [0.3, 0.4) is 0 Å². The lowest BCUT2D eigenvalue weighted by Gasteiger charge is -2.34. The second-order valence-corrected chi connectivity index (χ2v) is 6.21. The van der Waals surface area contributed by atoms with Crippen molar-refractivity contribution in [2.24, 2.45) is 0 Å². The van der Waals surface area contributed by atoms with Gasteiger partial charge in [-0.25, -0.2) is 0 Å². The summed E-state index contributed by atoms with van der Waals surface area (Å²) in [6.45, 7) is 12.0. The van der Waals surface area contributed by atoms with Crippen LogP contribution >= 0.6 is 15.9 Å². The van der Waals surface area contributed by atoms with Gasteiger partial charge in [0.25, 0.3) is 0 Å². The van der Waals surface area contributed by atoms with Gasteiger partial charge in [-0.05, 0) is 61.8 Å². The fraction of sp³-hybridized carbons (Fsp3) is 0.800. The lowest BCUT2D eigenvalue weighted by atomic mass is 10.0. The van der Waals surface area contributed by atoms with E-state index in [2.05, 4.69) is 51.6 Å². The van der Waals surface area contributed by atoms with Crippen molar-refractivity contribution in [2.75, 3.05) is 19.6 Å². The van der Waals surface area contributed by atoms with Crippen LogP contribution in [0.2, 0.25) is 0 Å². The molecule has 0 unspecified atom stereocenters. The molecule has 1 aromatic rings. The predicted octanol–water partition coefficient (Wildman–Crippen LogP) is 2.80. The van der Waals surface area contributed by atoms with Crippen molar-refractivity contribution in [1.82, 2.24) is 20.0 Å². The number of aryl methyl sites for hydroxylation is 2. The van der Waals surface area contributed by atoms with Crippen LogP contribution in [0, 0.1) is 0 Å². The average molecular weight is 343 g/mol. The standard InChI is InChI=1S/C15H27BrN4/c1-4-13-15(16)14(20(6-3)18-13)11-19(5-2)12-7-9-17-10-8-12/h12,17H,4-11H2,1-3H3. The van der Waals surface area contributed by atoms with Gasteiger partial charge in [0.15, 0.2) is 0 Å². The third-order valence-corrected chi connectivity index (χ3v) is 5.19. The minimum Gasteiger partial charge on any atom is -0.317 e. The Bertz CT molecular complexity index is 424. The second kappa shape index (κ2) is 7.57. The van der Waals surface area contributed by atoms with Gasteiger partial charge in [-0.3, -0.25) is 9.58 Å². The number of nitrogens with zero attached hydrogens (tertiary/aromatic N) is 3. The molecule has 20 heavy (non-hydrogen) atoms. The van der Waals surface area contributed by atoms with Gasteiger partial charge >= 0.3 is 0 Å². The molecule has 0 spiro atoms. The van der Waals surface area contributed by atoms with Gasteiger partial charge < -0.3 is 5.32 Å². The van der Waals surface area contributed by atoms with Crippen LogP contribution in [0.25, 0.3) is 0 Å². The molecule has 0 aromatic carbocycles. The summed E-state index contributed by atoms with van der Waals surface area (Å²) >= 11 is 3.76. The van der Waals surface area contributed by atoms with Crippen LogP contribution in [0.1, 0.15) is 45.0 Å². The van der Waals surface area contributed by atoms with Gasteiger partial charge in [-0.1, -0.05) is 13.8 Å². The molecule has 1 saturated heterocycles. The molecule has 2 rings (SSSR count). The molecule has 5 heteroatoms. The van der Waals surface area contributed by atoms with Gasteiger partial charge in [0, 0.05) is 19.1 Å². The summed E-state index contributed by atoms with van der Waals surface area (Å²) in [5, 5.41) is 8.16. The van der Waals surface area contributed by atoms with E-state index in [-0.39, 0.29) is 0 Å². The Morgan fingerprint density at radius 1 is 1.30 bits per heavy atom. The number of nitrogens with one attached hydrogen (secondary N) is 1. The highest BCUT2D eigenvalue weighted by molar-refractivity contribution is 9.10. The Kier molecular flexibility index (Phi) is 6.05. The molecule has 1 N–H and O–H groups in total. The van der Waals surface area contributed by atoms with Crippen LogP contribution in [0.5, 0.6) is 0 Å². The third-order valence-electron chi connectivity index (χ3n) is 4.28. The quantitative estimate of drug-likeness (QED) is 0.862. The van der Waals surface area contributed by atoms with E-state index in [1.165, 1.54) is 28.7 Å². The fourth-order valence-electron chi connectivity index (χ4n) is 3.03. The van der Waals surface area contributed by atoms with Crippen molar-refractivity contribution in [3.05, 3.63) is 15.9 Å². The topological polar surface area (TPSA) is 33.1 Å². The molecule has 2 heterocycles. The van der Waals surface area contributed by atoms with Crippen LogP contribution in [-0.2, 0) is 19.5 Å². The summed E-state index contributed by atoms with van der Waals surface area (Å²) in [7, 11) is 0. The Morgan fingerprint density at radius 3 is 2.55 bits per heavy atom. The normalized spacial score (nSPS) is 17.1. The van der Waals surface area contributed by atoms with E-state index in [9.17, 15) is 0 Å². The minimum absolute atomic E-state index is 0.707. The Morgan fingerprint density at radius 2 is 2.00 bits per heavy atom. The van der Waals surface area contributed by atoms with Gasteiger partial charge in [-0.2, -0.15) is 5.10 Å². The zero-order chi connectivity index (χ0) is 14.5. The maximum Gasteiger partial charge on any atom is 0.0767 e. The summed E-state index contributed by atoms with van der Waals surface area (Å²) in [5.74, 6) is 0. The predicted molar refractivity (Wildman–Crippen MR) is 87.0 cm³/mol. The molecule has 0 saturated carbocycles. The van der Waals surface area contributed by atoms with Gasteiger partial charge in [0.05, 0.1) is 15.9 Å². The monoisotopic (exact) mass is 342 g/mol. The van der Waals surface area contributed by atoms with Crippen molar-refractivity contribution < 1.29 is 0 Å². The molecule has 0 aliphatic carbocycles. The lowest BCUT2D eigenvalue weighted by molar-refractivity contribution is 0.157. The summed E-state index contributed by atoms with van der Waals surface area (Å²) in [6, 6.07) is 0.707. The van der Waals surface area contributed by atoms with Crippen LogP contribution in [0.15, 0.2) is 4.47 Å². The highest BCUT2D eigenvalue weighted by Crippen LogP contribution is 2.25. The minimum atomic E-state index is 0.707. The van der Waals surface area contributed by atoms with Crippen molar-refractivity contribution in [3.8, 4) is 0 Å². The van der Waals surface area contributed by atoms with Crippen LogP contribution in [-0.4, -0.2) is 40.4 Å². The Labute approximate surface area is 131 Å². The average Bonchev–Trinajstić information content (AvgIpc) is 2.81. The first kappa shape index (κ1) is 16.0. The van der Waals surface area contributed by atoms with E-state index in [0.29, 0.717) is 6.04 Å². The number of rotatable bonds is 6. The molecular weight excluding hydrogens is 316 g/mol. The number of piperidine rings is 1. The van der Waals surface area contributed by atoms with E-state index >= 15 is 0 Å². The summed E-state index contributed by atoms with van der Waals surface area (Å²) in [4.78, 5) is 2.61. The first-order valence-corrected chi connectivity index (χ1v) is 8.69. The highest BCUT2D eigenvalue weighted by Gasteiger charge is 2.23. The van der Waals surface area contributed by atoms with Crippen molar-refractivity contribution in [3.63, 3.8) is 0 Å². The molecule has 0 amide bonds. The lowest BCUT2D eigenvalue weighted by Crippen LogP contribution is -2.43. The highest BCUT2D eigenvalue weighted by atomic mass is 79.9. The molecule has 0 atom stereocenters. The zero-order valence-corrected chi connectivity index (χ0v) is 14.5. The molecule has 1 aliphatic heterocycles. The molecule has 0 radical (unpaired) electrons. The number of hydrogen-bond acceptors (Lipinski definition) is 3. The van der Waals surface area contributed by atoms with Crippen molar-refractivity contribution in [2.45, 2.75) is 59.2 Å². The molecular formula is C15H27BrN4. The smallest absolute Gasteiger partial charge is 0.0767 e. The molecule has 1 aromatic heterocycles. The third kappa shape index (κ3) is 3.43. The number of aromatic nitrogens is 2. The number of halogens is 1. The van der Waals surface area contributed by atoms with E-state index < -0.39 is 0 Å². The number of hydrogen-bond donors (Lipinski definition) is 1. The molecule has 4 nitrogen and oxygen atoms in total. The first-order chi connectivity index (χ1) is 9.71.